The first-order valence-corrected chi connectivity index (χ1v) is 4.57. The molecule has 1 aromatic rings. The lowest BCUT2D eigenvalue weighted by Gasteiger charge is -2.11. The van der Waals surface area contributed by atoms with Gasteiger partial charge < -0.3 is 20.1 Å². The maximum Gasteiger partial charge on any atom is 0.586 e. The van der Waals surface area contributed by atoms with E-state index in [-0.39, 0.29) is 22.9 Å². The van der Waals surface area contributed by atoms with Gasteiger partial charge >= 0.3 is 12.8 Å². The van der Waals surface area contributed by atoms with Crippen LogP contribution in [0, 0.1) is 0 Å². The van der Waals surface area contributed by atoms with Crippen LogP contribution in [0.1, 0.15) is 0 Å². The standard InChI is InChI=1S/C9H8F4N2O2/c1-14-4-2-6-7(17-9(12,13)16-6)3-5(4)15-8(10)11/h2-3,8,14-15H,1H3. The van der Waals surface area contributed by atoms with Crippen molar-refractivity contribution >= 4 is 11.4 Å². The van der Waals surface area contributed by atoms with E-state index >= 15 is 0 Å². The van der Waals surface area contributed by atoms with Crippen LogP contribution in [-0.2, 0) is 0 Å². The highest BCUT2D eigenvalue weighted by Gasteiger charge is 2.43. The van der Waals surface area contributed by atoms with Gasteiger partial charge in [0.2, 0.25) is 0 Å². The summed E-state index contributed by atoms with van der Waals surface area (Å²) in [6, 6.07) is 2.18. The summed E-state index contributed by atoms with van der Waals surface area (Å²) in [4.78, 5) is 0. The van der Waals surface area contributed by atoms with Crippen molar-refractivity contribution in [3.63, 3.8) is 0 Å². The molecule has 0 saturated heterocycles. The Kier molecular flexibility index (Phi) is 2.64. The van der Waals surface area contributed by atoms with Gasteiger partial charge in [0.25, 0.3) is 0 Å². The van der Waals surface area contributed by atoms with Crippen LogP contribution in [0.2, 0.25) is 0 Å². The lowest BCUT2D eigenvalue weighted by atomic mass is 10.2. The molecular weight excluding hydrogens is 244 g/mol. The molecule has 1 aromatic carbocycles. The van der Waals surface area contributed by atoms with Crippen molar-refractivity contribution in [1.29, 1.82) is 0 Å². The summed E-state index contributed by atoms with van der Waals surface area (Å²) in [5, 5.41) is 4.39. The zero-order chi connectivity index (χ0) is 12.6. The number of rotatable bonds is 3. The number of alkyl halides is 4. The minimum absolute atomic E-state index is 0.0532. The lowest BCUT2D eigenvalue weighted by Crippen LogP contribution is -2.25. The maximum absolute atomic E-state index is 12.7. The zero-order valence-electron chi connectivity index (χ0n) is 8.56. The first kappa shape index (κ1) is 11.6. The van der Waals surface area contributed by atoms with Crippen LogP contribution in [0.25, 0.3) is 0 Å². The number of halogens is 4. The molecule has 17 heavy (non-hydrogen) atoms. The number of anilines is 2. The molecule has 0 unspecified atom stereocenters. The van der Waals surface area contributed by atoms with E-state index in [0.29, 0.717) is 0 Å². The zero-order valence-corrected chi connectivity index (χ0v) is 8.56. The van der Waals surface area contributed by atoms with E-state index in [1.165, 1.54) is 7.05 Å². The second-order valence-corrected chi connectivity index (χ2v) is 3.21. The molecule has 2 rings (SSSR count). The molecule has 1 aliphatic heterocycles. The van der Waals surface area contributed by atoms with E-state index in [0.717, 1.165) is 12.1 Å². The maximum atomic E-state index is 12.7. The molecule has 0 saturated carbocycles. The normalized spacial score (nSPS) is 16.1. The van der Waals surface area contributed by atoms with Crippen molar-refractivity contribution < 1.29 is 27.0 Å². The Hall–Kier alpha value is -1.86. The fourth-order valence-electron chi connectivity index (χ4n) is 1.44. The van der Waals surface area contributed by atoms with Gasteiger partial charge in [-0.1, -0.05) is 0 Å². The van der Waals surface area contributed by atoms with Crippen LogP contribution in [0.3, 0.4) is 0 Å². The minimum Gasteiger partial charge on any atom is -0.395 e. The van der Waals surface area contributed by atoms with Gasteiger partial charge in [-0.25, -0.2) is 0 Å². The summed E-state index contributed by atoms with van der Waals surface area (Å²) >= 11 is 0. The van der Waals surface area contributed by atoms with Gasteiger partial charge in [-0.3, -0.25) is 0 Å². The smallest absolute Gasteiger partial charge is 0.395 e. The highest BCUT2D eigenvalue weighted by Crippen LogP contribution is 2.45. The first-order valence-electron chi connectivity index (χ1n) is 4.57. The van der Waals surface area contributed by atoms with Crippen molar-refractivity contribution in [3.05, 3.63) is 12.1 Å². The summed E-state index contributed by atoms with van der Waals surface area (Å²) in [6.07, 6.45) is -3.77. The fraction of sp³-hybridized carbons (Fsp3) is 0.333. The summed E-state index contributed by atoms with van der Waals surface area (Å²) < 4.78 is 58.2. The van der Waals surface area contributed by atoms with Crippen molar-refractivity contribution in [2.45, 2.75) is 12.8 Å². The van der Waals surface area contributed by atoms with E-state index in [4.69, 9.17) is 0 Å². The monoisotopic (exact) mass is 252 g/mol. The molecule has 1 heterocycles. The van der Waals surface area contributed by atoms with Crippen LogP contribution in [0.5, 0.6) is 11.5 Å². The molecule has 1 aliphatic rings. The molecule has 0 aromatic heterocycles. The molecule has 0 amide bonds. The van der Waals surface area contributed by atoms with Gasteiger partial charge in [-0.2, -0.15) is 8.78 Å². The van der Waals surface area contributed by atoms with E-state index < -0.39 is 12.8 Å². The lowest BCUT2D eigenvalue weighted by molar-refractivity contribution is -0.286. The Balaban J connectivity index is 2.37. The highest BCUT2D eigenvalue weighted by molar-refractivity contribution is 5.74. The van der Waals surface area contributed by atoms with E-state index in [1.54, 1.807) is 5.32 Å². The van der Waals surface area contributed by atoms with Gasteiger partial charge in [-0.05, 0) is 0 Å². The second-order valence-electron chi connectivity index (χ2n) is 3.21. The third kappa shape index (κ3) is 2.29. The topological polar surface area (TPSA) is 42.5 Å². The number of hydrogen-bond donors (Lipinski definition) is 2. The van der Waals surface area contributed by atoms with E-state index in [1.807, 2.05) is 0 Å². The average Bonchev–Trinajstić information content (AvgIpc) is 2.49. The first-order chi connectivity index (χ1) is 7.91. The second kappa shape index (κ2) is 3.86. The van der Waals surface area contributed by atoms with Gasteiger partial charge in [0, 0.05) is 19.2 Å². The third-order valence-electron chi connectivity index (χ3n) is 2.08. The number of nitrogens with one attached hydrogen (secondary N) is 2. The number of fused-ring (bicyclic) bond motifs is 1. The predicted octanol–water partition coefficient (Wildman–Crippen LogP) is 2.68. The summed E-state index contributed by atoms with van der Waals surface area (Å²) in [6.45, 7) is -2.82. The Morgan fingerprint density at radius 3 is 2.12 bits per heavy atom. The van der Waals surface area contributed by atoms with Crippen molar-refractivity contribution in [2.24, 2.45) is 0 Å². The fourth-order valence-corrected chi connectivity index (χ4v) is 1.44. The molecule has 2 N–H and O–H groups in total. The van der Waals surface area contributed by atoms with Crippen molar-refractivity contribution in [2.75, 3.05) is 17.7 Å². The Morgan fingerprint density at radius 2 is 1.65 bits per heavy atom. The quantitative estimate of drug-likeness (QED) is 0.641. The third-order valence-corrected chi connectivity index (χ3v) is 2.08. The van der Waals surface area contributed by atoms with Gasteiger partial charge in [-0.15, -0.1) is 8.78 Å². The molecule has 0 aliphatic carbocycles. The average molecular weight is 252 g/mol. The summed E-state index contributed by atoms with van der Waals surface area (Å²) in [5.41, 5.74) is 0.146. The van der Waals surface area contributed by atoms with Crippen molar-refractivity contribution in [1.82, 2.24) is 0 Å². The SMILES string of the molecule is CNc1cc2c(cc1NC(F)F)OC(F)(F)O2. The number of hydrogen-bond acceptors (Lipinski definition) is 4. The number of benzene rings is 1. The van der Waals surface area contributed by atoms with Crippen LogP contribution in [-0.4, -0.2) is 19.9 Å². The Bertz CT molecular complexity index is 439. The molecular formula is C9H8F4N2O2. The summed E-state index contributed by atoms with van der Waals surface area (Å²) in [5.74, 6) is -0.503. The highest BCUT2D eigenvalue weighted by atomic mass is 19.3. The van der Waals surface area contributed by atoms with Crippen LogP contribution >= 0.6 is 0 Å². The Labute approximate surface area is 93.5 Å². The van der Waals surface area contributed by atoms with Gasteiger partial charge in [0.05, 0.1) is 11.4 Å². The molecule has 0 atom stereocenters. The van der Waals surface area contributed by atoms with Crippen LogP contribution < -0.4 is 20.1 Å². The molecule has 94 valence electrons. The van der Waals surface area contributed by atoms with Gasteiger partial charge in [0.1, 0.15) is 0 Å². The van der Waals surface area contributed by atoms with Crippen LogP contribution in [0.4, 0.5) is 28.9 Å². The Morgan fingerprint density at radius 1 is 1.12 bits per heavy atom. The van der Waals surface area contributed by atoms with Crippen LogP contribution in [0.15, 0.2) is 12.1 Å². The molecule has 8 heteroatoms. The molecule has 0 radical (unpaired) electrons. The largest absolute Gasteiger partial charge is 0.586 e. The van der Waals surface area contributed by atoms with E-state index in [2.05, 4.69) is 14.8 Å². The summed E-state index contributed by atoms with van der Waals surface area (Å²) in [7, 11) is 1.46. The number of ether oxygens (including phenoxy) is 2. The predicted molar refractivity (Wildman–Crippen MR) is 51.8 cm³/mol. The molecule has 0 bridgehead atoms. The van der Waals surface area contributed by atoms with E-state index in [9.17, 15) is 17.6 Å². The minimum atomic E-state index is -3.77. The van der Waals surface area contributed by atoms with Crippen molar-refractivity contribution in [3.8, 4) is 11.5 Å². The molecule has 4 nitrogen and oxygen atoms in total. The molecule has 0 fully saturated rings. The molecule has 0 spiro atoms. The van der Waals surface area contributed by atoms with Gasteiger partial charge in [0.15, 0.2) is 11.5 Å².